The Morgan fingerprint density at radius 1 is 1.53 bits per heavy atom. The molecule has 15 heavy (non-hydrogen) atoms. The van der Waals surface area contributed by atoms with Gasteiger partial charge in [-0.1, -0.05) is 12.1 Å². The number of benzene rings is 1. The molecule has 0 bridgehead atoms. The largest absolute Gasteiger partial charge is 0.370 e. The summed E-state index contributed by atoms with van der Waals surface area (Å²) in [4.78, 5) is 11.0. The Hall–Kier alpha value is -2.17. The van der Waals surface area contributed by atoms with Gasteiger partial charge in [-0.2, -0.15) is 0 Å². The van der Waals surface area contributed by atoms with Gasteiger partial charge in [0.1, 0.15) is 5.82 Å². The number of guanidine groups is 1. The third-order valence-corrected chi connectivity index (χ3v) is 1.53. The van der Waals surface area contributed by atoms with Crippen molar-refractivity contribution >= 4 is 17.9 Å². The molecule has 0 aliphatic rings. The fourth-order valence-corrected chi connectivity index (χ4v) is 0.957. The van der Waals surface area contributed by atoms with Crippen molar-refractivity contribution in [2.45, 2.75) is 0 Å². The molecule has 0 saturated heterocycles. The number of nitrogens with one attached hydrogen (secondary N) is 2. The lowest BCUT2D eigenvalue weighted by Crippen LogP contribution is -2.34. The molecule has 0 spiro atoms. The maximum atomic E-state index is 12.7. The smallest absolute Gasteiger partial charge is 0.250 e. The van der Waals surface area contributed by atoms with Gasteiger partial charge < -0.3 is 5.73 Å². The molecule has 1 rings (SSSR count). The molecule has 0 aromatic heterocycles. The van der Waals surface area contributed by atoms with Crippen molar-refractivity contribution in [1.82, 2.24) is 5.32 Å². The van der Waals surface area contributed by atoms with Crippen LogP contribution in [0.25, 0.3) is 6.08 Å². The number of carbonyl (C=O) groups excluding carboxylic acids is 1. The highest BCUT2D eigenvalue weighted by Gasteiger charge is 1.96. The van der Waals surface area contributed by atoms with Gasteiger partial charge in [-0.3, -0.25) is 15.5 Å². The zero-order valence-electron chi connectivity index (χ0n) is 7.83. The molecule has 4 nitrogen and oxygen atoms in total. The molecule has 0 aliphatic heterocycles. The molecule has 0 unspecified atom stereocenters. The predicted molar refractivity (Wildman–Crippen MR) is 55.5 cm³/mol. The Bertz CT molecular complexity index is 415. The van der Waals surface area contributed by atoms with E-state index < -0.39 is 11.9 Å². The number of rotatable bonds is 2. The first kappa shape index (κ1) is 10.9. The van der Waals surface area contributed by atoms with Gasteiger partial charge >= 0.3 is 0 Å². The van der Waals surface area contributed by atoms with E-state index >= 15 is 0 Å². The molecular formula is C10H10FN3O. The molecule has 4 N–H and O–H groups in total. The first-order chi connectivity index (χ1) is 7.08. The minimum absolute atomic E-state index is 0.371. The molecule has 0 aliphatic carbocycles. The van der Waals surface area contributed by atoms with Crippen LogP contribution >= 0.6 is 0 Å². The standard InChI is InChI=1S/C10H10FN3O/c11-8-3-1-2-7(6-8)4-5-9(15)14-10(12)13/h1-6H,(H4,12,13,14,15)/b5-4+. The summed E-state index contributed by atoms with van der Waals surface area (Å²) in [5.74, 6) is -1.32. The number of halogens is 1. The number of hydrogen-bond acceptors (Lipinski definition) is 2. The topological polar surface area (TPSA) is 79.0 Å². The van der Waals surface area contributed by atoms with Crippen LogP contribution in [-0.4, -0.2) is 11.9 Å². The zero-order valence-corrected chi connectivity index (χ0v) is 7.83. The zero-order chi connectivity index (χ0) is 11.3. The van der Waals surface area contributed by atoms with Crippen LogP contribution < -0.4 is 11.1 Å². The van der Waals surface area contributed by atoms with E-state index in [1.54, 1.807) is 6.07 Å². The molecule has 1 aromatic carbocycles. The fourth-order valence-electron chi connectivity index (χ4n) is 0.957. The van der Waals surface area contributed by atoms with E-state index in [1.165, 1.54) is 30.4 Å². The minimum Gasteiger partial charge on any atom is -0.370 e. The summed E-state index contributed by atoms with van der Waals surface area (Å²) in [6.07, 6.45) is 2.61. The van der Waals surface area contributed by atoms with Crippen molar-refractivity contribution in [3.8, 4) is 0 Å². The Balaban J connectivity index is 2.65. The van der Waals surface area contributed by atoms with Crippen LogP contribution in [-0.2, 0) is 4.79 Å². The molecule has 0 saturated carbocycles. The quantitative estimate of drug-likeness (QED) is 0.382. The first-order valence-electron chi connectivity index (χ1n) is 4.16. The molecular weight excluding hydrogens is 197 g/mol. The van der Waals surface area contributed by atoms with Crippen LogP contribution in [0.1, 0.15) is 5.56 Å². The maximum Gasteiger partial charge on any atom is 0.250 e. The summed E-state index contributed by atoms with van der Waals surface area (Å²) >= 11 is 0. The molecule has 0 atom stereocenters. The van der Waals surface area contributed by atoms with Gasteiger partial charge in [-0.05, 0) is 23.8 Å². The molecule has 1 aromatic rings. The summed E-state index contributed by atoms with van der Waals surface area (Å²) < 4.78 is 12.7. The Kier molecular flexibility index (Phi) is 3.56. The van der Waals surface area contributed by atoms with Crippen LogP contribution in [0.3, 0.4) is 0 Å². The second-order valence-corrected chi connectivity index (χ2v) is 2.79. The van der Waals surface area contributed by atoms with Crippen LogP contribution in [0.4, 0.5) is 4.39 Å². The molecule has 0 heterocycles. The third kappa shape index (κ3) is 4.04. The SMILES string of the molecule is N=C(N)NC(=O)/C=C/c1cccc(F)c1. The van der Waals surface area contributed by atoms with Gasteiger partial charge in [0, 0.05) is 6.08 Å². The van der Waals surface area contributed by atoms with Gasteiger partial charge in [0.15, 0.2) is 5.96 Å². The normalized spacial score (nSPS) is 10.2. The van der Waals surface area contributed by atoms with Crippen molar-refractivity contribution in [3.05, 3.63) is 41.7 Å². The Labute approximate surface area is 86.1 Å². The van der Waals surface area contributed by atoms with Crippen molar-refractivity contribution < 1.29 is 9.18 Å². The number of carbonyl (C=O) groups is 1. The van der Waals surface area contributed by atoms with Crippen molar-refractivity contribution in [3.63, 3.8) is 0 Å². The molecule has 1 amide bonds. The summed E-state index contributed by atoms with van der Waals surface area (Å²) in [6, 6.07) is 5.79. The Morgan fingerprint density at radius 3 is 2.87 bits per heavy atom. The first-order valence-corrected chi connectivity index (χ1v) is 4.16. The van der Waals surface area contributed by atoms with E-state index in [4.69, 9.17) is 11.1 Å². The highest BCUT2D eigenvalue weighted by Crippen LogP contribution is 2.04. The van der Waals surface area contributed by atoms with E-state index in [-0.39, 0.29) is 5.82 Å². The second-order valence-electron chi connectivity index (χ2n) is 2.79. The molecule has 0 radical (unpaired) electrons. The lowest BCUT2D eigenvalue weighted by atomic mass is 10.2. The summed E-state index contributed by atoms with van der Waals surface area (Å²) in [6.45, 7) is 0. The summed E-state index contributed by atoms with van der Waals surface area (Å²) in [7, 11) is 0. The van der Waals surface area contributed by atoms with Crippen molar-refractivity contribution in [2.75, 3.05) is 0 Å². The average Bonchev–Trinajstić information content (AvgIpc) is 2.14. The highest BCUT2D eigenvalue weighted by atomic mass is 19.1. The van der Waals surface area contributed by atoms with Crippen molar-refractivity contribution in [2.24, 2.45) is 5.73 Å². The van der Waals surface area contributed by atoms with E-state index in [2.05, 4.69) is 5.32 Å². The Morgan fingerprint density at radius 2 is 2.27 bits per heavy atom. The minimum atomic E-state index is -0.522. The lowest BCUT2D eigenvalue weighted by Gasteiger charge is -1.96. The van der Waals surface area contributed by atoms with Crippen LogP contribution in [0.2, 0.25) is 0 Å². The third-order valence-electron chi connectivity index (χ3n) is 1.53. The lowest BCUT2D eigenvalue weighted by molar-refractivity contribution is -0.115. The predicted octanol–water partition coefficient (Wildman–Crippen LogP) is 0.849. The average molecular weight is 207 g/mol. The van der Waals surface area contributed by atoms with Crippen molar-refractivity contribution in [1.29, 1.82) is 5.41 Å². The number of amides is 1. The van der Waals surface area contributed by atoms with Gasteiger partial charge in [0.25, 0.3) is 5.91 Å². The number of hydrogen-bond donors (Lipinski definition) is 3. The van der Waals surface area contributed by atoms with E-state index in [1.807, 2.05) is 0 Å². The number of nitrogens with two attached hydrogens (primary N) is 1. The second kappa shape index (κ2) is 4.90. The van der Waals surface area contributed by atoms with Gasteiger partial charge in [-0.15, -0.1) is 0 Å². The molecule has 78 valence electrons. The molecule has 0 fully saturated rings. The van der Waals surface area contributed by atoms with Gasteiger partial charge in [-0.25, -0.2) is 4.39 Å². The van der Waals surface area contributed by atoms with Gasteiger partial charge in [0.05, 0.1) is 0 Å². The van der Waals surface area contributed by atoms with Crippen LogP contribution in [0.15, 0.2) is 30.3 Å². The summed E-state index contributed by atoms with van der Waals surface area (Å²) in [5, 5.41) is 8.86. The van der Waals surface area contributed by atoms with Crippen LogP contribution in [0, 0.1) is 11.2 Å². The van der Waals surface area contributed by atoms with E-state index in [0.29, 0.717) is 5.56 Å². The van der Waals surface area contributed by atoms with Crippen LogP contribution in [0.5, 0.6) is 0 Å². The maximum absolute atomic E-state index is 12.7. The monoisotopic (exact) mass is 207 g/mol. The molecule has 5 heteroatoms. The van der Waals surface area contributed by atoms with Gasteiger partial charge in [0.2, 0.25) is 0 Å². The highest BCUT2D eigenvalue weighted by molar-refractivity contribution is 6.02. The fraction of sp³-hybridized carbons (Fsp3) is 0. The van der Waals surface area contributed by atoms with E-state index in [0.717, 1.165) is 0 Å². The van der Waals surface area contributed by atoms with E-state index in [9.17, 15) is 9.18 Å². The summed E-state index contributed by atoms with van der Waals surface area (Å²) in [5.41, 5.74) is 5.51.